The summed E-state index contributed by atoms with van der Waals surface area (Å²) >= 11 is 7.19. The zero-order valence-corrected chi connectivity index (χ0v) is 13.4. The summed E-state index contributed by atoms with van der Waals surface area (Å²) in [6.07, 6.45) is 0.506. The number of amides is 1. The van der Waals surface area contributed by atoms with E-state index in [1.807, 2.05) is 19.1 Å². The molecule has 0 aliphatic heterocycles. The van der Waals surface area contributed by atoms with E-state index in [0.29, 0.717) is 23.0 Å². The Hall–Kier alpha value is -1.92. The van der Waals surface area contributed by atoms with Gasteiger partial charge in [0.05, 0.1) is 10.9 Å². The van der Waals surface area contributed by atoms with E-state index < -0.39 is 5.97 Å². The van der Waals surface area contributed by atoms with Crippen LogP contribution in [0.1, 0.15) is 33.9 Å². The maximum atomic E-state index is 12.1. The van der Waals surface area contributed by atoms with Crippen LogP contribution in [0.5, 0.6) is 0 Å². The molecule has 2 N–H and O–H groups in total. The summed E-state index contributed by atoms with van der Waals surface area (Å²) in [6.45, 7) is 2.23. The van der Waals surface area contributed by atoms with Crippen molar-refractivity contribution < 1.29 is 14.7 Å². The van der Waals surface area contributed by atoms with Crippen molar-refractivity contribution in [3.05, 3.63) is 50.9 Å². The summed E-state index contributed by atoms with van der Waals surface area (Å²) in [4.78, 5) is 26.8. The van der Waals surface area contributed by atoms with Gasteiger partial charge in [0, 0.05) is 23.4 Å². The van der Waals surface area contributed by atoms with Gasteiger partial charge < -0.3 is 10.4 Å². The third-order valence-corrected chi connectivity index (χ3v) is 4.29. The second kappa shape index (κ2) is 7.38. The van der Waals surface area contributed by atoms with Crippen LogP contribution < -0.4 is 5.32 Å². The summed E-state index contributed by atoms with van der Waals surface area (Å²) < 4.78 is 0. The molecular formula is C15H15ClN2O3S. The molecule has 116 valence electrons. The van der Waals surface area contributed by atoms with Gasteiger partial charge >= 0.3 is 5.97 Å². The maximum Gasteiger partial charge on any atom is 0.355 e. The van der Waals surface area contributed by atoms with Crippen molar-refractivity contribution in [1.29, 1.82) is 0 Å². The summed E-state index contributed by atoms with van der Waals surface area (Å²) in [5.74, 6) is -1.44. The molecule has 7 heteroatoms. The Labute approximate surface area is 137 Å². The molecule has 0 radical (unpaired) electrons. The molecule has 22 heavy (non-hydrogen) atoms. The quantitative estimate of drug-likeness (QED) is 0.848. The lowest BCUT2D eigenvalue weighted by Crippen LogP contribution is -2.29. The van der Waals surface area contributed by atoms with E-state index in [2.05, 4.69) is 10.3 Å². The van der Waals surface area contributed by atoms with E-state index in [4.69, 9.17) is 16.7 Å². The fourth-order valence-electron chi connectivity index (χ4n) is 1.90. The van der Waals surface area contributed by atoms with Gasteiger partial charge in [0.2, 0.25) is 5.91 Å². The van der Waals surface area contributed by atoms with Gasteiger partial charge in [0.25, 0.3) is 0 Å². The zero-order chi connectivity index (χ0) is 16.1. The number of carboxylic acid groups (broad SMARTS) is 1. The Morgan fingerprint density at radius 3 is 2.86 bits per heavy atom. The fraction of sp³-hybridized carbons (Fsp3) is 0.267. The van der Waals surface area contributed by atoms with E-state index >= 15 is 0 Å². The number of benzene rings is 1. The normalized spacial score (nSPS) is 11.9. The minimum Gasteiger partial charge on any atom is -0.476 e. The number of carbonyl (C=O) groups is 2. The average molecular weight is 339 g/mol. The summed E-state index contributed by atoms with van der Waals surface area (Å²) in [7, 11) is 0. The molecule has 0 aliphatic rings. The average Bonchev–Trinajstić information content (AvgIpc) is 2.95. The molecule has 1 aromatic carbocycles. The SMILES string of the molecule is CC(C(=O)NCCc1nc(C(=O)O)cs1)c1cccc(Cl)c1. The second-order valence-electron chi connectivity index (χ2n) is 4.75. The number of rotatable bonds is 6. The molecule has 0 bridgehead atoms. The monoisotopic (exact) mass is 338 g/mol. The van der Waals surface area contributed by atoms with Gasteiger partial charge in [-0.15, -0.1) is 11.3 Å². The number of nitrogens with zero attached hydrogens (tertiary/aromatic N) is 1. The molecule has 0 aliphatic carbocycles. The first-order valence-electron chi connectivity index (χ1n) is 6.68. The van der Waals surface area contributed by atoms with Gasteiger partial charge in [-0.25, -0.2) is 9.78 Å². The lowest BCUT2D eigenvalue weighted by atomic mass is 10.0. The molecular weight excluding hydrogens is 324 g/mol. The van der Waals surface area contributed by atoms with Gasteiger partial charge in [-0.2, -0.15) is 0 Å². The molecule has 1 unspecified atom stereocenters. The summed E-state index contributed by atoms with van der Waals surface area (Å²) in [6, 6.07) is 7.20. The van der Waals surface area contributed by atoms with Crippen molar-refractivity contribution in [3.8, 4) is 0 Å². The number of thiazole rings is 1. The van der Waals surface area contributed by atoms with Crippen LogP contribution in [-0.4, -0.2) is 28.5 Å². The third kappa shape index (κ3) is 4.29. The van der Waals surface area contributed by atoms with Crippen molar-refractivity contribution in [2.24, 2.45) is 0 Å². The van der Waals surface area contributed by atoms with E-state index in [1.54, 1.807) is 12.1 Å². The smallest absolute Gasteiger partial charge is 0.355 e. The maximum absolute atomic E-state index is 12.1. The first kappa shape index (κ1) is 16.5. The van der Waals surface area contributed by atoms with Crippen LogP contribution in [0.4, 0.5) is 0 Å². The predicted molar refractivity (Wildman–Crippen MR) is 85.7 cm³/mol. The first-order valence-corrected chi connectivity index (χ1v) is 7.94. The molecule has 0 fully saturated rings. The number of hydrogen-bond acceptors (Lipinski definition) is 4. The van der Waals surface area contributed by atoms with Crippen molar-refractivity contribution >= 4 is 34.8 Å². The highest BCUT2D eigenvalue weighted by molar-refractivity contribution is 7.09. The number of carbonyl (C=O) groups excluding carboxylic acids is 1. The van der Waals surface area contributed by atoms with E-state index in [-0.39, 0.29) is 17.5 Å². The third-order valence-electron chi connectivity index (χ3n) is 3.15. The number of aromatic nitrogens is 1. The van der Waals surface area contributed by atoms with Crippen LogP contribution in [0.25, 0.3) is 0 Å². The Morgan fingerprint density at radius 2 is 2.23 bits per heavy atom. The van der Waals surface area contributed by atoms with Crippen LogP contribution in [-0.2, 0) is 11.2 Å². The van der Waals surface area contributed by atoms with Crippen molar-refractivity contribution in [3.63, 3.8) is 0 Å². The molecule has 1 aromatic heterocycles. The molecule has 1 amide bonds. The van der Waals surface area contributed by atoms with E-state index in [0.717, 1.165) is 5.56 Å². The van der Waals surface area contributed by atoms with Crippen LogP contribution in [0.2, 0.25) is 5.02 Å². The minimum absolute atomic E-state index is 0.0404. The fourth-order valence-corrected chi connectivity index (χ4v) is 2.87. The van der Waals surface area contributed by atoms with Crippen molar-refractivity contribution in [1.82, 2.24) is 10.3 Å². The lowest BCUT2D eigenvalue weighted by molar-refractivity contribution is -0.122. The van der Waals surface area contributed by atoms with Gasteiger partial charge in [0.15, 0.2) is 5.69 Å². The number of hydrogen-bond donors (Lipinski definition) is 2. The topological polar surface area (TPSA) is 79.3 Å². The highest BCUT2D eigenvalue weighted by atomic mass is 35.5. The minimum atomic E-state index is -1.04. The number of nitrogens with one attached hydrogen (secondary N) is 1. The van der Waals surface area contributed by atoms with Gasteiger partial charge in [-0.05, 0) is 24.6 Å². The molecule has 2 aromatic rings. The van der Waals surface area contributed by atoms with Gasteiger partial charge in [-0.3, -0.25) is 4.79 Å². The lowest BCUT2D eigenvalue weighted by Gasteiger charge is -2.12. The molecule has 5 nitrogen and oxygen atoms in total. The number of carboxylic acids is 1. The molecule has 2 rings (SSSR count). The van der Waals surface area contributed by atoms with Gasteiger partial charge in [-0.1, -0.05) is 23.7 Å². The second-order valence-corrected chi connectivity index (χ2v) is 6.13. The van der Waals surface area contributed by atoms with Crippen molar-refractivity contribution in [2.45, 2.75) is 19.3 Å². The van der Waals surface area contributed by atoms with Crippen LogP contribution >= 0.6 is 22.9 Å². The van der Waals surface area contributed by atoms with E-state index in [1.165, 1.54) is 16.7 Å². The van der Waals surface area contributed by atoms with Gasteiger partial charge in [0.1, 0.15) is 0 Å². The molecule has 0 saturated carbocycles. The zero-order valence-electron chi connectivity index (χ0n) is 11.9. The first-order chi connectivity index (χ1) is 10.5. The standard InChI is InChI=1S/C15H15ClN2O3S/c1-9(10-3-2-4-11(16)7-10)14(19)17-6-5-13-18-12(8-22-13)15(20)21/h2-4,7-9H,5-6H2,1H3,(H,17,19)(H,20,21). The molecule has 1 atom stereocenters. The molecule has 1 heterocycles. The molecule has 0 saturated heterocycles. The van der Waals surface area contributed by atoms with E-state index in [9.17, 15) is 9.59 Å². The largest absolute Gasteiger partial charge is 0.476 e. The van der Waals surface area contributed by atoms with Crippen LogP contribution in [0, 0.1) is 0 Å². The Balaban J connectivity index is 1.85. The number of aromatic carboxylic acids is 1. The Morgan fingerprint density at radius 1 is 1.45 bits per heavy atom. The Bertz CT molecular complexity index is 687. The van der Waals surface area contributed by atoms with Crippen molar-refractivity contribution in [2.75, 3.05) is 6.54 Å². The Kier molecular flexibility index (Phi) is 5.51. The highest BCUT2D eigenvalue weighted by Crippen LogP contribution is 2.19. The van der Waals surface area contributed by atoms with Crippen LogP contribution in [0.3, 0.4) is 0 Å². The number of halogens is 1. The highest BCUT2D eigenvalue weighted by Gasteiger charge is 2.15. The summed E-state index contributed by atoms with van der Waals surface area (Å²) in [5.41, 5.74) is 0.894. The van der Waals surface area contributed by atoms with Crippen LogP contribution in [0.15, 0.2) is 29.6 Å². The summed E-state index contributed by atoms with van der Waals surface area (Å²) in [5, 5.41) is 14.4. The predicted octanol–water partition coefficient (Wildman–Crippen LogP) is 2.96. The molecule has 0 spiro atoms.